The fraction of sp³-hybridized carbons (Fsp3) is 0.545. The van der Waals surface area contributed by atoms with Gasteiger partial charge < -0.3 is 15.1 Å². The van der Waals surface area contributed by atoms with E-state index >= 15 is 0 Å². The highest BCUT2D eigenvalue weighted by atomic mass is 16.6. The number of nitrogens with one attached hydrogen (secondary N) is 1. The Morgan fingerprint density at radius 1 is 1.68 bits per heavy atom. The second-order valence-electron chi connectivity index (χ2n) is 4.29. The minimum atomic E-state index is -0.432. The number of rotatable bonds is 4. The first-order valence-corrected chi connectivity index (χ1v) is 6.14. The van der Waals surface area contributed by atoms with Gasteiger partial charge in [0.25, 0.3) is 0 Å². The third-order valence-corrected chi connectivity index (χ3v) is 3.09. The SMILES string of the molecule is CCC1CN(c2nc(NN)ccc2[N+](=O)[O-])CCO1. The van der Waals surface area contributed by atoms with Gasteiger partial charge in [-0.25, -0.2) is 10.8 Å². The minimum absolute atomic E-state index is 0.0178. The highest BCUT2D eigenvalue weighted by molar-refractivity contribution is 5.61. The molecule has 2 heterocycles. The number of ether oxygens (including phenoxy) is 1. The lowest BCUT2D eigenvalue weighted by atomic mass is 10.2. The molecule has 0 aliphatic carbocycles. The maximum atomic E-state index is 11.1. The summed E-state index contributed by atoms with van der Waals surface area (Å²) >= 11 is 0. The van der Waals surface area contributed by atoms with Crippen molar-refractivity contribution in [3.05, 3.63) is 22.2 Å². The van der Waals surface area contributed by atoms with Crippen LogP contribution in [0.1, 0.15) is 13.3 Å². The molecule has 0 bridgehead atoms. The van der Waals surface area contributed by atoms with Crippen LogP contribution in [-0.4, -0.2) is 35.7 Å². The van der Waals surface area contributed by atoms with Crippen molar-refractivity contribution in [3.63, 3.8) is 0 Å². The van der Waals surface area contributed by atoms with Crippen LogP contribution in [0.5, 0.6) is 0 Å². The Morgan fingerprint density at radius 3 is 3.11 bits per heavy atom. The minimum Gasteiger partial charge on any atom is -0.375 e. The number of nitrogens with two attached hydrogens (primary N) is 1. The molecule has 104 valence electrons. The third kappa shape index (κ3) is 2.91. The van der Waals surface area contributed by atoms with Crippen LogP contribution in [0.3, 0.4) is 0 Å². The van der Waals surface area contributed by atoms with Crippen molar-refractivity contribution < 1.29 is 9.66 Å². The highest BCUT2D eigenvalue weighted by Gasteiger charge is 2.26. The van der Waals surface area contributed by atoms with E-state index in [1.165, 1.54) is 12.1 Å². The lowest BCUT2D eigenvalue weighted by Gasteiger charge is -2.33. The van der Waals surface area contributed by atoms with Gasteiger partial charge in [0.1, 0.15) is 5.82 Å². The second-order valence-corrected chi connectivity index (χ2v) is 4.29. The molecular formula is C11H17N5O3. The molecule has 1 fully saturated rings. The van der Waals surface area contributed by atoms with Crippen molar-refractivity contribution in [2.75, 3.05) is 30.0 Å². The molecule has 19 heavy (non-hydrogen) atoms. The van der Waals surface area contributed by atoms with Crippen LogP contribution >= 0.6 is 0 Å². The van der Waals surface area contributed by atoms with Crippen molar-refractivity contribution in [1.82, 2.24) is 4.98 Å². The summed E-state index contributed by atoms with van der Waals surface area (Å²) in [4.78, 5) is 16.7. The van der Waals surface area contributed by atoms with Gasteiger partial charge in [-0.15, -0.1) is 0 Å². The number of anilines is 2. The van der Waals surface area contributed by atoms with Gasteiger partial charge in [0.05, 0.1) is 17.6 Å². The van der Waals surface area contributed by atoms with Crippen LogP contribution in [0.25, 0.3) is 0 Å². The van der Waals surface area contributed by atoms with E-state index in [1.54, 1.807) is 0 Å². The predicted molar refractivity (Wildman–Crippen MR) is 70.9 cm³/mol. The molecule has 1 aromatic rings. The number of nitrogens with zero attached hydrogens (tertiary/aromatic N) is 3. The number of hydrazine groups is 1. The van der Waals surface area contributed by atoms with Crippen molar-refractivity contribution in [3.8, 4) is 0 Å². The maximum Gasteiger partial charge on any atom is 0.311 e. The zero-order chi connectivity index (χ0) is 13.8. The molecule has 1 atom stereocenters. The Balaban J connectivity index is 2.32. The molecule has 8 heteroatoms. The number of pyridine rings is 1. The third-order valence-electron chi connectivity index (χ3n) is 3.09. The van der Waals surface area contributed by atoms with E-state index in [1.807, 2.05) is 11.8 Å². The summed E-state index contributed by atoms with van der Waals surface area (Å²) in [6.45, 7) is 3.74. The van der Waals surface area contributed by atoms with E-state index in [2.05, 4.69) is 10.4 Å². The van der Waals surface area contributed by atoms with Gasteiger partial charge >= 0.3 is 5.69 Å². The van der Waals surface area contributed by atoms with E-state index in [0.29, 0.717) is 31.3 Å². The van der Waals surface area contributed by atoms with E-state index in [-0.39, 0.29) is 11.8 Å². The lowest BCUT2D eigenvalue weighted by Crippen LogP contribution is -2.43. The number of aromatic nitrogens is 1. The van der Waals surface area contributed by atoms with Crippen LogP contribution in [0.2, 0.25) is 0 Å². The van der Waals surface area contributed by atoms with Gasteiger partial charge in [-0.2, -0.15) is 0 Å². The molecule has 0 spiro atoms. The van der Waals surface area contributed by atoms with Gasteiger partial charge in [-0.05, 0) is 12.5 Å². The van der Waals surface area contributed by atoms with Gasteiger partial charge in [-0.1, -0.05) is 6.92 Å². The largest absolute Gasteiger partial charge is 0.375 e. The fourth-order valence-electron chi connectivity index (χ4n) is 2.06. The summed E-state index contributed by atoms with van der Waals surface area (Å²) in [5.41, 5.74) is 2.39. The fourth-order valence-corrected chi connectivity index (χ4v) is 2.06. The van der Waals surface area contributed by atoms with Gasteiger partial charge in [0.15, 0.2) is 0 Å². The van der Waals surface area contributed by atoms with E-state index < -0.39 is 4.92 Å². The van der Waals surface area contributed by atoms with E-state index in [4.69, 9.17) is 10.6 Å². The molecule has 3 N–H and O–H groups in total. The second kappa shape index (κ2) is 5.81. The molecule has 2 rings (SSSR count). The standard InChI is InChI=1S/C11H17N5O3/c1-2-8-7-15(5-6-19-8)11-9(16(17)18)3-4-10(13-11)14-12/h3-4,8H,2,5-7,12H2,1H3,(H,13,14). The van der Waals surface area contributed by atoms with Gasteiger partial charge in [0.2, 0.25) is 5.82 Å². The summed E-state index contributed by atoms with van der Waals surface area (Å²) in [7, 11) is 0. The summed E-state index contributed by atoms with van der Waals surface area (Å²) in [5, 5.41) is 11.1. The van der Waals surface area contributed by atoms with Crippen molar-refractivity contribution >= 4 is 17.3 Å². The van der Waals surface area contributed by atoms with Gasteiger partial charge in [-0.3, -0.25) is 10.1 Å². The van der Waals surface area contributed by atoms with E-state index in [9.17, 15) is 10.1 Å². The number of hydrogen-bond donors (Lipinski definition) is 2. The first kappa shape index (κ1) is 13.5. The summed E-state index contributed by atoms with van der Waals surface area (Å²) in [6.07, 6.45) is 0.934. The van der Waals surface area contributed by atoms with Crippen LogP contribution in [0.15, 0.2) is 12.1 Å². The Hall–Kier alpha value is -1.93. The summed E-state index contributed by atoms with van der Waals surface area (Å²) in [6, 6.07) is 2.90. The van der Waals surface area contributed by atoms with Crippen LogP contribution < -0.4 is 16.2 Å². The zero-order valence-electron chi connectivity index (χ0n) is 10.7. The van der Waals surface area contributed by atoms with Crippen molar-refractivity contribution in [2.24, 2.45) is 5.84 Å². The molecule has 1 saturated heterocycles. The molecular weight excluding hydrogens is 250 g/mol. The van der Waals surface area contributed by atoms with Crippen LogP contribution in [0.4, 0.5) is 17.3 Å². The number of hydrogen-bond acceptors (Lipinski definition) is 7. The highest BCUT2D eigenvalue weighted by Crippen LogP contribution is 2.29. The summed E-state index contributed by atoms with van der Waals surface area (Å²) < 4.78 is 5.56. The average molecular weight is 267 g/mol. The van der Waals surface area contributed by atoms with Gasteiger partial charge in [0, 0.05) is 19.2 Å². The molecule has 1 aromatic heterocycles. The Bertz CT molecular complexity index is 468. The quantitative estimate of drug-likeness (QED) is 0.474. The average Bonchev–Trinajstić information content (AvgIpc) is 2.46. The smallest absolute Gasteiger partial charge is 0.311 e. The Kier molecular flexibility index (Phi) is 4.13. The van der Waals surface area contributed by atoms with Crippen LogP contribution in [0, 0.1) is 10.1 Å². The molecule has 0 aromatic carbocycles. The monoisotopic (exact) mass is 267 g/mol. The molecule has 0 amide bonds. The van der Waals surface area contributed by atoms with Crippen molar-refractivity contribution in [2.45, 2.75) is 19.4 Å². The normalized spacial score (nSPS) is 19.3. The van der Waals surface area contributed by atoms with E-state index in [0.717, 1.165) is 6.42 Å². The molecule has 8 nitrogen and oxygen atoms in total. The number of nitrogen functional groups attached to an aromatic ring is 1. The first-order valence-electron chi connectivity index (χ1n) is 6.14. The number of nitro groups is 1. The predicted octanol–water partition coefficient (Wildman–Crippen LogP) is 0.891. The zero-order valence-corrected chi connectivity index (χ0v) is 10.7. The Labute approximate surface area is 110 Å². The summed E-state index contributed by atoms with van der Waals surface area (Å²) in [5.74, 6) is 6.04. The molecule has 0 saturated carbocycles. The molecule has 1 unspecified atom stereocenters. The lowest BCUT2D eigenvalue weighted by molar-refractivity contribution is -0.384. The maximum absolute atomic E-state index is 11.1. The Morgan fingerprint density at radius 2 is 2.47 bits per heavy atom. The molecule has 0 radical (unpaired) electrons. The molecule has 1 aliphatic heterocycles. The molecule has 1 aliphatic rings. The van der Waals surface area contributed by atoms with Crippen molar-refractivity contribution in [1.29, 1.82) is 0 Å². The number of morpholine rings is 1. The topological polar surface area (TPSA) is 107 Å². The first-order chi connectivity index (χ1) is 9.15. The van der Waals surface area contributed by atoms with Crippen LogP contribution in [-0.2, 0) is 4.74 Å².